The molecule has 0 aliphatic heterocycles. The van der Waals surface area contributed by atoms with E-state index in [4.69, 9.17) is 15.3 Å². The van der Waals surface area contributed by atoms with E-state index in [2.05, 4.69) is 0 Å². The lowest BCUT2D eigenvalue weighted by Crippen LogP contribution is -2.24. The van der Waals surface area contributed by atoms with Crippen LogP contribution < -0.4 is 4.90 Å². The summed E-state index contributed by atoms with van der Waals surface area (Å²) in [5.74, 6) is 0.111. The summed E-state index contributed by atoms with van der Waals surface area (Å²) in [5.41, 5.74) is 0.583. The number of aromatic hydroxyl groups is 1. The van der Waals surface area contributed by atoms with Crippen LogP contribution >= 0.6 is 0 Å². The highest BCUT2D eigenvalue weighted by molar-refractivity contribution is 5.49. The quantitative estimate of drug-likeness (QED) is 0.561. The largest absolute Gasteiger partial charge is 0.508 e. The summed E-state index contributed by atoms with van der Waals surface area (Å²) in [7, 11) is 0. The fourth-order valence-electron chi connectivity index (χ4n) is 0.898. The van der Waals surface area contributed by atoms with Crippen molar-refractivity contribution in [3.8, 4) is 5.75 Å². The summed E-state index contributed by atoms with van der Waals surface area (Å²) in [6, 6.07) is 6.32. The van der Waals surface area contributed by atoms with E-state index in [9.17, 15) is 0 Å². The van der Waals surface area contributed by atoms with Gasteiger partial charge in [0.1, 0.15) is 19.2 Å². The molecule has 4 nitrogen and oxygen atoms in total. The molecule has 12 heavy (non-hydrogen) atoms. The standard InChI is InChI=1S/C8H11NO3/c10-5-9(6-11)7-2-1-3-8(12)4-7/h1-4,10-12H,5-6H2. The highest BCUT2D eigenvalue weighted by Crippen LogP contribution is 2.18. The molecule has 0 unspecified atom stereocenters. The van der Waals surface area contributed by atoms with Crippen LogP contribution in [-0.4, -0.2) is 28.8 Å². The van der Waals surface area contributed by atoms with Crippen LogP contribution in [0.5, 0.6) is 5.75 Å². The second kappa shape index (κ2) is 3.94. The van der Waals surface area contributed by atoms with Gasteiger partial charge in [-0.3, -0.25) is 0 Å². The van der Waals surface area contributed by atoms with Crippen LogP contribution in [0.15, 0.2) is 24.3 Å². The summed E-state index contributed by atoms with van der Waals surface area (Å²) in [6.07, 6.45) is 0. The Bertz CT molecular complexity index is 248. The summed E-state index contributed by atoms with van der Waals surface area (Å²) in [6.45, 7) is -0.556. The number of hydrogen-bond donors (Lipinski definition) is 3. The maximum atomic E-state index is 9.06. The van der Waals surface area contributed by atoms with Gasteiger partial charge in [-0.1, -0.05) is 6.07 Å². The second-order valence-electron chi connectivity index (χ2n) is 2.34. The Morgan fingerprint density at radius 1 is 1.17 bits per heavy atom. The van der Waals surface area contributed by atoms with Gasteiger partial charge in [-0.25, -0.2) is 0 Å². The third kappa shape index (κ3) is 1.87. The molecule has 0 saturated carbocycles. The summed E-state index contributed by atoms with van der Waals surface area (Å²) >= 11 is 0. The summed E-state index contributed by atoms with van der Waals surface area (Å²) < 4.78 is 0. The fraction of sp³-hybridized carbons (Fsp3) is 0.250. The topological polar surface area (TPSA) is 63.9 Å². The van der Waals surface area contributed by atoms with Gasteiger partial charge in [0.15, 0.2) is 0 Å². The van der Waals surface area contributed by atoms with Crippen LogP contribution in [0.3, 0.4) is 0 Å². The molecule has 0 aliphatic carbocycles. The van der Waals surface area contributed by atoms with E-state index in [0.29, 0.717) is 5.69 Å². The van der Waals surface area contributed by atoms with Gasteiger partial charge in [-0.2, -0.15) is 0 Å². The summed E-state index contributed by atoms with van der Waals surface area (Å²) in [5, 5.41) is 26.6. The molecule has 0 aliphatic rings. The van der Waals surface area contributed by atoms with E-state index in [-0.39, 0.29) is 19.2 Å². The predicted molar refractivity (Wildman–Crippen MR) is 44.8 cm³/mol. The molecule has 0 spiro atoms. The van der Waals surface area contributed by atoms with E-state index < -0.39 is 0 Å². The number of anilines is 1. The summed E-state index contributed by atoms with van der Waals surface area (Å²) in [4.78, 5) is 1.31. The molecule has 0 radical (unpaired) electrons. The Morgan fingerprint density at radius 3 is 2.33 bits per heavy atom. The van der Waals surface area contributed by atoms with Crippen molar-refractivity contribution in [2.75, 3.05) is 18.4 Å². The Balaban J connectivity index is 2.85. The van der Waals surface area contributed by atoms with E-state index in [1.165, 1.54) is 17.0 Å². The molecule has 0 amide bonds. The van der Waals surface area contributed by atoms with Gasteiger partial charge >= 0.3 is 0 Å². The van der Waals surface area contributed by atoms with Crippen LogP contribution in [0.2, 0.25) is 0 Å². The number of aliphatic hydroxyl groups excluding tert-OH is 2. The molecule has 1 aromatic carbocycles. The first kappa shape index (κ1) is 8.83. The molecular formula is C8H11NO3. The molecule has 0 aromatic heterocycles. The third-order valence-corrected chi connectivity index (χ3v) is 1.54. The SMILES string of the molecule is OCN(CO)c1cccc(O)c1. The minimum absolute atomic E-state index is 0.111. The first-order chi connectivity index (χ1) is 5.77. The van der Waals surface area contributed by atoms with Crippen LogP contribution in [0.4, 0.5) is 5.69 Å². The Kier molecular flexibility index (Phi) is 2.90. The van der Waals surface area contributed by atoms with Gasteiger partial charge in [0.05, 0.1) is 0 Å². The molecule has 1 aromatic rings. The molecule has 4 heteroatoms. The van der Waals surface area contributed by atoms with Crippen LogP contribution in [0.25, 0.3) is 0 Å². The molecule has 0 atom stereocenters. The zero-order chi connectivity index (χ0) is 8.97. The van der Waals surface area contributed by atoms with Gasteiger partial charge in [-0.15, -0.1) is 0 Å². The number of nitrogens with zero attached hydrogens (tertiary/aromatic N) is 1. The van der Waals surface area contributed by atoms with E-state index >= 15 is 0 Å². The average Bonchev–Trinajstić information content (AvgIpc) is 2.07. The molecule has 0 fully saturated rings. The Labute approximate surface area is 70.3 Å². The monoisotopic (exact) mass is 169 g/mol. The van der Waals surface area contributed by atoms with Crippen molar-refractivity contribution in [1.82, 2.24) is 0 Å². The molecule has 1 rings (SSSR count). The number of rotatable bonds is 3. The lowest BCUT2D eigenvalue weighted by Gasteiger charge is -2.18. The maximum absolute atomic E-state index is 9.06. The highest BCUT2D eigenvalue weighted by Gasteiger charge is 2.02. The fourth-order valence-corrected chi connectivity index (χ4v) is 0.898. The molecular weight excluding hydrogens is 158 g/mol. The van der Waals surface area contributed by atoms with Crippen LogP contribution in [0.1, 0.15) is 0 Å². The van der Waals surface area contributed by atoms with Crippen molar-refractivity contribution in [1.29, 1.82) is 0 Å². The van der Waals surface area contributed by atoms with Crippen molar-refractivity contribution in [2.45, 2.75) is 0 Å². The van der Waals surface area contributed by atoms with Gasteiger partial charge < -0.3 is 20.2 Å². The van der Waals surface area contributed by atoms with Crippen molar-refractivity contribution >= 4 is 5.69 Å². The number of benzene rings is 1. The zero-order valence-corrected chi connectivity index (χ0v) is 6.51. The molecule has 66 valence electrons. The van der Waals surface area contributed by atoms with Crippen molar-refractivity contribution in [3.63, 3.8) is 0 Å². The highest BCUT2D eigenvalue weighted by atomic mass is 16.3. The number of aliphatic hydroxyl groups is 2. The lowest BCUT2D eigenvalue weighted by molar-refractivity contribution is 0.223. The lowest BCUT2D eigenvalue weighted by atomic mass is 10.3. The van der Waals surface area contributed by atoms with Crippen molar-refractivity contribution in [3.05, 3.63) is 24.3 Å². The maximum Gasteiger partial charge on any atom is 0.117 e. The second-order valence-corrected chi connectivity index (χ2v) is 2.34. The van der Waals surface area contributed by atoms with Gasteiger partial charge in [0.2, 0.25) is 0 Å². The first-order valence-corrected chi connectivity index (χ1v) is 3.53. The Hall–Kier alpha value is -1.26. The minimum atomic E-state index is -0.278. The number of phenolic OH excluding ortho intramolecular Hbond substituents is 1. The van der Waals surface area contributed by atoms with Crippen LogP contribution in [-0.2, 0) is 0 Å². The molecule has 0 bridgehead atoms. The smallest absolute Gasteiger partial charge is 0.117 e. The number of hydrogen-bond acceptors (Lipinski definition) is 4. The molecule has 3 N–H and O–H groups in total. The molecule has 0 saturated heterocycles. The zero-order valence-electron chi connectivity index (χ0n) is 6.51. The van der Waals surface area contributed by atoms with Crippen molar-refractivity contribution in [2.24, 2.45) is 0 Å². The van der Waals surface area contributed by atoms with E-state index in [0.717, 1.165) is 0 Å². The van der Waals surface area contributed by atoms with Gasteiger partial charge in [-0.05, 0) is 12.1 Å². The Morgan fingerprint density at radius 2 is 1.83 bits per heavy atom. The normalized spacial score (nSPS) is 9.83. The third-order valence-electron chi connectivity index (χ3n) is 1.54. The van der Waals surface area contributed by atoms with Gasteiger partial charge in [0.25, 0.3) is 0 Å². The predicted octanol–water partition coefficient (Wildman–Crippen LogP) is 0.0982. The van der Waals surface area contributed by atoms with Crippen molar-refractivity contribution < 1.29 is 15.3 Å². The first-order valence-electron chi connectivity index (χ1n) is 3.53. The average molecular weight is 169 g/mol. The van der Waals surface area contributed by atoms with Gasteiger partial charge in [0, 0.05) is 11.8 Å². The number of phenols is 1. The van der Waals surface area contributed by atoms with E-state index in [1.807, 2.05) is 0 Å². The van der Waals surface area contributed by atoms with Crippen LogP contribution in [0, 0.1) is 0 Å². The minimum Gasteiger partial charge on any atom is -0.508 e. The molecule has 0 heterocycles. The van der Waals surface area contributed by atoms with E-state index in [1.54, 1.807) is 12.1 Å².